The van der Waals surface area contributed by atoms with E-state index in [1.807, 2.05) is 66.4 Å². The molecular formula is C29H34N4O3. The first-order valence-corrected chi connectivity index (χ1v) is 12.8. The molecule has 2 fully saturated rings. The lowest BCUT2D eigenvalue weighted by Crippen LogP contribution is -2.56. The number of aromatic nitrogens is 1. The Morgan fingerprint density at radius 3 is 2.39 bits per heavy atom. The van der Waals surface area contributed by atoms with Crippen molar-refractivity contribution in [2.24, 2.45) is 0 Å². The summed E-state index contributed by atoms with van der Waals surface area (Å²) in [5.74, 6) is 2.22. The van der Waals surface area contributed by atoms with Gasteiger partial charge in [-0.1, -0.05) is 43.3 Å². The fourth-order valence-corrected chi connectivity index (χ4v) is 5.43. The van der Waals surface area contributed by atoms with E-state index in [1.54, 1.807) is 6.20 Å². The van der Waals surface area contributed by atoms with Crippen molar-refractivity contribution in [3.05, 3.63) is 89.6 Å². The van der Waals surface area contributed by atoms with E-state index in [1.165, 1.54) is 4.90 Å². The Hall–Kier alpha value is -3.45. The minimum atomic E-state index is -0.804. The molecule has 2 aliphatic rings. The molecule has 0 radical (unpaired) electrons. The number of likely N-dealkylation sites (tertiary alicyclic amines) is 1. The number of rotatable bonds is 8. The van der Waals surface area contributed by atoms with Crippen LogP contribution in [0.5, 0.6) is 0 Å². The second-order valence-corrected chi connectivity index (χ2v) is 10.1. The maximum Gasteiger partial charge on any atom is 0.328 e. The molecular weight excluding hydrogens is 452 g/mol. The monoisotopic (exact) mass is 486 g/mol. The van der Waals surface area contributed by atoms with Crippen LogP contribution in [-0.2, 0) is 17.9 Å². The predicted octanol–water partition coefficient (Wildman–Crippen LogP) is 4.98. The summed E-state index contributed by atoms with van der Waals surface area (Å²) in [4.78, 5) is 37.5. The normalized spacial score (nSPS) is 18.8. The van der Waals surface area contributed by atoms with E-state index in [-0.39, 0.29) is 18.5 Å². The Labute approximate surface area is 212 Å². The molecule has 1 aromatic carbocycles. The number of nitrogens with zero attached hydrogens (tertiary/aromatic N) is 4. The zero-order chi connectivity index (χ0) is 25.1. The van der Waals surface area contributed by atoms with Crippen LogP contribution in [0.4, 0.5) is 4.79 Å². The SMILES string of the molecule is Cc1ccc([C@@H](C)CCN2CCC3(CC2)C(=O)N(Cc2ccccn2)C(=O)N3Cc2ccccc2)o1. The fraction of sp³-hybridized carbons (Fsp3) is 0.414. The first-order valence-electron chi connectivity index (χ1n) is 12.8. The van der Waals surface area contributed by atoms with Crippen LogP contribution in [0.15, 0.2) is 71.3 Å². The summed E-state index contributed by atoms with van der Waals surface area (Å²) in [6, 6.07) is 19.4. The zero-order valence-corrected chi connectivity index (χ0v) is 21.1. The van der Waals surface area contributed by atoms with Crippen LogP contribution < -0.4 is 0 Å². The van der Waals surface area contributed by atoms with Crippen molar-refractivity contribution in [2.45, 2.75) is 57.7 Å². The average molecular weight is 487 g/mol. The molecule has 0 N–H and O–H groups in total. The van der Waals surface area contributed by atoms with Crippen molar-refractivity contribution in [3.63, 3.8) is 0 Å². The Balaban J connectivity index is 1.30. The number of carbonyl (C=O) groups is 2. The molecule has 0 unspecified atom stereocenters. The molecule has 0 saturated carbocycles. The van der Waals surface area contributed by atoms with Gasteiger partial charge in [-0.3, -0.25) is 14.7 Å². The maximum absolute atomic E-state index is 13.9. The zero-order valence-electron chi connectivity index (χ0n) is 21.1. The molecule has 3 aromatic rings. The molecule has 3 amide bonds. The van der Waals surface area contributed by atoms with Gasteiger partial charge < -0.3 is 14.2 Å². The van der Waals surface area contributed by atoms with Gasteiger partial charge in [-0.05, 0) is 62.6 Å². The summed E-state index contributed by atoms with van der Waals surface area (Å²) in [5.41, 5.74) is 0.945. The van der Waals surface area contributed by atoms with Crippen LogP contribution in [-0.4, -0.2) is 56.8 Å². The van der Waals surface area contributed by atoms with Gasteiger partial charge in [0.05, 0.1) is 12.2 Å². The number of hydrogen-bond acceptors (Lipinski definition) is 5. The van der Waals surface area contributed by atoms with Gasteiger partial charge in [-0.15, -0.1) is 0 Å². The van der Waals surface area contributed by atoms with Crippen molar-refractivity contribution >= 4 is 11.9 Å². The third-order valence-corrected chi connectivity index (χ3v) is 7.66. The van der Waals surface area contributed by atoms with Crippen molar-refractivity contribution in [1.29, 1.82) is 0 Å². The number of aryl methyl sites for hydroxylation is 1. The van der Waals surface area contributed by atoms with Gasteiger partial charge in [0.15, 0.2) is 0 Å². The van der Waals surface area contributed by atoms with E-state index >= 15 is 0 Å². The Kier molecular flexibility index (Phi) is 6.92. The minimum Gasteiger partial charge on any atom is -0.466 e. The van der Waals surface area contributed by atoms with Crippen LogP contribution in [0, 0.1) is 6.92 Å². The van der Waals surface area contributed by atoms with E-state index in [0.29, 0.717) is 25.3 Å². The van der Waals surface area contributed by atoms with E-state index in [9.17, 15) is 9.59 Å². The van der Waals surface area contributed by atoms with Gasteiger partial charge in [-0.25, -0.2) is 4.79 Å². The van der Waals surface area contributed by atoms with Crippen molar-refractivity contribution in [2.75, 3.05) is 19.6 Å². The number of imide groups is 1. The van der Waals surface area contributed by atoms with Gasteiger partial charge in [0, 0.05) is 31.7 Å². The third kappa shape index (κ3) is 4.80. The lowest BCUT2D eigenvalue weighted by molar-refractivity contribution is -0.136. The molecule has 36 heavy (non-hydrogen) atoms. The molecule has 4 heterocycles. The Morgan fingerprint density at radius 1 is 0.972 bits per heavy atom. The highest BCUT2D eigenvalue weighted by Crippen LogP contribution is 2.39. The quantitative estimate of drug-likeness (QED) is 0.420. The third-order valence-electron chi connectivity index (χ3n) is 7.66. The summed E-state index contributed by atoms with van der Waals surface area (Å²) < 4.78 is 5.80. The first kappa shape index (κ1) is 24.3. The summed E-state index contributed by atoms with van der Waals surface area (Å²) in [6.07, 6.45) is 3.96. The molecule has 5 rings (SSSR count). The van der Waals surface area contributed by atoms with Crippen LogP contribution >= 0.6 is 0 Å². The molecule has 0 bridgehead atoms. The van der Waals surface area contributed by atoms with Crippen LogP contribution in [0.3, 0.4) is 0 Å². The molecule has 2 aromatic heterocycles. The largest absolute Gasteiger partial charge is 0.466 e. The van der Waals surface area contributed by atoms with Gasteiger partial charge in [0.1, 0.15) is 17.1 Å². The number of amides is 3. The van der Waals surface area contributed by atoms with Gasteiger partial charge >= 0.3 is 6.03 Å². The molecule has 7 heteroatoms. The van der Waals surface area contributed by atoms with Gasteiger partial charge in [-0.2, -0.15) is 0 Å². The molecule has 2 aliphatic heterocycles. The van der Waals surface area contributed by atoms with Crippen molar-refractivity contribution < 1.29 is 14.0 Å². The van der Waals surface area contributed by atoms with Crippen molar-refractivity contribution in [3.8, 4) is 0 Å². The maximum atomic E-state index is 13.9. The minimum absolute atomic E-state index is 0.0897. The average Bonchev–Trinajstić information content (AvgIpc) is 3.42. The molecule has 1 atom stereocenters. The summed E-state index contributed by atoms with van der Waals surface area (Å²) in [6.45, 7) is 7.31. The fourth-order valence-electron chi connectivity index (χ4n) is 5.43. The lowest BCUT2D eigenvalue weighted by atomic mass is 9.85. The molecule has 2 saturated heterocycles. The highest BCUT2D eigenvalue weighted by atomic mass is 16.3. The molecule has 1 spiro atoms. The predicted molar refractivity (Wildman–Crippen MR) is 137 cm³/mol. The number of urea groups is 1. The Morgan fingerprint density at radius 2 is 1.72 bits per heavy atom. The number of furan rings is 1. The van der Waals surface area contributed by atoms with E-state index in [0.717, 1.165) is 48.8 Å². The number of pyridine rings is 1. The molecule has 7 nitrogen and oxygen atoms in total. The van der Waals surface area contributed by atoms with Gasteiger partial charge in [0.25, 0.3) is 5.91 Å². The summed E-state index contributed by atoms with van der Waals surface area (Å²) >= 11 is 0. The number of hydrogen-bond donors (Lipinski definition) is 0. The van der Waals surface area contributed by atoms with E-state index in [2.05, 4.69) is 22.9 Å². The highest BCUT2D eigenvalue weighted by molar-refractivity contribution is 6.07. The standard InChI is InChI=1S/C29H34N4O3/c1-22(26-12-11-23(2)36-26)13-17-31-18-14-29(15-19-31)27(34)32(21-25-10-6-7-16-30-25)28(35)33(29)20-24-8-4-3-5-9-24/h3-12,16,22H,13-15,17-21H2,1-2H3/t22-/m0/s1. The summed E-state index contributed by atoms with van der Waals surface area (Å²) in [5, 5.41) is 0. The van der Waals surface area contributed by atoms with Crippen molar-refractivity contribution in [1.82, 2.24) is 19.7 Å². The Bertz CT molecular complexity index is 1190. The second kappa shape index (κ2) is 10.3. The first-order chi connectivity index (χ1) is 17.5. The number of carbonyl (C=O) groups excluding carboxylic acids is 2. The highest BCUT2D eigenvalue weighted by Gasteiger charge is 2.57. The molecule has 188 valence electrons. The van der Waals surface area contributed by atoms with Crippen LogP contribution in [0.2, 0.25) is 0 Å². The molecule has 0 aliphatic carbocycles. The van der Waals surface area contributed by atoms with E-state index in [4.69, 9.17) is 4.42 Å². The van der Waals surface area contributed by atoms with E-state index < -0.39 is 5.54 Å². The topological polar surface area (TPSA) is 69.9 Å². The van der Waals surface area contributed by atoms with Crippen LogP contribution in [0.1, 0.15) is 54.9 Å². The lowest BCUT2D eigenvalue weighted by Gasteiger charge is -2.42. The van der Waals surface area contributed by atoms with Gasteiger partial charge in [0.2, 0.25) is 0 Å². The smallest absolute Gasteiger partial charge is 0.328 e. The summed E-state index contributed by atoms with van der Waals surface area (Å²) in [7, 11) is 0. The number of benzene rings is 1. The second-order valence-electron chi connectivity index (χ2n) is 10.1. The van der Waals surface area contributed by atoms with Crippen LogP contribution in [0.25, 0.3) is 0 Å². The number of piperidine rings is 1.